The molecule has 5 heteroatoms. The van der Waals surface area contributed by atoms with E-state index >= 15 is 0 Å². The third-order valence-corrected chi connectivity index (χ3v) is 2.26. The van der Waals surface area contributed by atoms with Crippen molar-refractivity contribution in [3.05, 3.63) is 35.7 Å². The highest BCUT2D eigenvalue weighted by molar-refractivity contribution is 5.92. The Morgan fingerprint density at radius 2 is 1.85 bits per heavy atom. The fourth-order valence-corrected chi connectivity index (χ4v) is 1.47. The van der Waals surface area contributed by atoms with Gasteiger partial charge in [-0.3, -0.25) is 4.90 Å². The number of nitrogens with zero attached hydrogens (tertiary/aromatic N) is 1. The molecule has 0 aromatic heterocycles. The van der Waals surface area contributed by atoms with E-state index in [9.17, 15) is 9.59 Å². The second-order valence-corrected chi connectivity index (χ2v) is 5.40. The van der Waals surface area contributed by atoms with Gasteiger partial charge in [0.25, 0.3) is 0 Å². The van der Waals surface area contributed by atoms with Crippen LogP contribution in [0.5, 0.6) is 0 Å². The summed E-state index contributed by atoms with van der Waals surface area (Å²) in [5, 5.41) is 0. The fourth-order valence-electron chi connectivity index (χ4n) is 1.47. The lowest BCUT2D eigenvalue weighted by Crippen LogP contribution is -2.31. The van der Waals surface area contributed by atoms with E-state index < -0.39 is 17.7 Å². The van der Waals surface area contributed by atoms with Crippen LogP contribution >= 0.6 is 0 Å². The first kappa shape index (κ1) is 16.0. The Labute approximate surface area is 119 Å². The number of carbonyl (C=O) groups excluding carboxylic acids is 2. The van der Waals surface area contributed by atoms with Crippen LogP contribution in [0.15, 0.2) is 35.7 Å². The zero-order chi connectivity index (χ0) is 15.3. The summed E-state index contributed by atoms with van der Waals surface area (Å²) in [6.07, 6.45) is 5.85. The number of esters is 1. The standard InChI is InChI=1S/C15H21NO4/c1-6-19-13(17)12-8-7-11(2)9-16(10-12)14(18)20-15(3,4)5/h7-10H,6H2,1-5H3. The summed E-state index contributed by atoms with van der Waals surface area (Å²) in [5.41, 5.74) is 0.522. The Morgan fingerprint density at radius 3 is 2.40 bits per heavy atom. The molecule has 0 unspecified atom stereocenters. The van der Waals surface area contributed by atoms with Crippen molar-refractivity contribution in [1.29, 1.82) is 0 Å². The van der Waals surface area contributed by atoms with Gasteiger partial charge in [-0.2, -0.15) is 0 Å². The van der Waals surface area contributed by atoms with Gasteiger partial charge in [-0.25, -0.2) is 9.59 Å². The number of carbonyl (C=O) groups is 2. The third kappa shape index (κ3) is 4.91. The molecule has 0 aromatic carbocycles. The summed E-state index contributed by atoms with van der Waals surface area (Å²) < 4.78 is 10.2. The molecule has 5 nitrogen and oxygen atoms in total. The summed E-state index contributed by atoms with van der Waals surface area (Å²) >= 11 is 0. The number of rotatable bonds is 2. The highest BCUT2D eigenvalue weighted by Gasteiger charge is 2.22. The van der Waals surface area contributed by atoms with Crippen LogP contribution in [0.1, 0.15) is 34.6 Å². The van der Waals surface area contributed by atoms with E-state index in [1.807, 2.05) is 6.92 Å². The maximum atomic E-state index is 12.1. The highest BCUT2D eigenvalue weighted by Crippen LogP contribution is 2.16. The Hall–Kier alpha value is -2.04. The molecule has 0 N–H and O–H groups in total. The molecule has 0 radical (unpaired) electrons. The molecule has 1 rings (SSSR count). The monoisotopic (exact) mass is 279 g/mol. The molecule has 20 heavy (non-hydrogen) atoms. The SMILES string of the molecule is CCOC(=O)C1=CN(C(=O)OC(C)(C)C)C=C(C)C=C1. The van der Waals surface area contributed by atoms with Crippen molar-refractivity contribution in [2.24, 2.45) is 0 Å². The average Bonchev–Trinajstić information content (AvgIpc) is 2.49. The van der Waals surface area contributed by atoms with Gasteiger partial charge in [-0.05, 0) is 46.3 Å². The first-order chi connectivity index (χ1) is 9.23. The number of hydrogen-bond acceptors (Lipinski definition) is 4. The zero-order valence-corrected chi connectivity index (χ0v) is 12.6. The van der Waals surface area contributed by atoms with Gasteiger partial charge in [0, 0.05) is 12.4 Å². The minimum Gasteiger partial charge on any atom is -0.462 e. The molecule has 0 fully saturated rings. The third-order valence-electron chi connectivity index (χ3n) is 2.26. The van der Waals surface area contributed by atoms with Crippen molar-refractivity contribution in [1.82, 2.24) is 4.90 Å². The van der Waals surface area contributed by atoms with Crippen LogP contribution in [0, 0.1) is 0 Å². The van der Waals surface area contributed by atoms with E-state index in [0.717, 1.165) is 5.57 Å². The Morgan fingerprint density at radius 1 is 1.20 bits per heavy atom. The number of ether oxygens (including phenoxy) is 2. The van der Waals surface area contributed by atoms with Crippen LogP contribution in [0.25, 0.3) is 0 Å². The summed E-state index contributed by atoms with van der Waals surface area (Å²) in [5.74, 6) is -0.472. The van der Waals surface area contributed by atoms with Gasteiger partial charge in [0.2, 0.25) is 0 Å². The molecule has 1 amide bonds. The van der Waals surface area contributed by atoms with Crippen molar-refractivity contribution in [2.45, 2.75) is 40.2 Å². The van der Waals surface area contributed by atoms with Gasteiger partial charge < -0.3 is 9.47 Å². The molecule has 0 aromatic rings. The van der Waals surface area contributed by atoms with Crippen molar-refractivity contribution >= 4 is 12.1 Å². The molecule has 1 heterocycles. The molecule has 1 aliphatic rings. The van der Waals surface area contributed by atoms with Gasteiger partial charge in [0.15, 0.2) is 0 Å². The van der Waals surface area contributed by atoms with E-state index in [1.165, 1.54) is 11.1 Å². The molecule has 0 saturated carbocycles. The first-order valence-electron chi connectivity index (χ1n) is 6.49. The smallest absolute Gasteiger partial charge is 0.418 e. The van der Waals surface area contributed by atoms with Crippen LogP contribution in [-0.4, -0.2) is 29.2 Å². The summed E-state index contributed by atoms with van der Waals surface area (Å²) in [6.45, 7) is 9.20. The fraction of sp³-hybridized carbons (Fsp3) is 0.467. The number of allylic oxidation sites excluding steroid dienone is 2. The minimum atomic E-state index is -0.601. The molecule has 0 aliphatic carbocycles. The van der Waals surface area contributed by atoms with Crippen LogP contribution in [0.3, 0.4) is 0 Å². The number of amides is 1. The minimum absolute atomic E-state index is 0.281. The molecular formula is C15H21NO4. The van der Waals surface area contributed by atoms with Crippen molar-refractivity contribution in [2.75, 3.05) is 6.61 Å². The predicted molar refractivity (Wildman–Crippen MR) is 75.7 cm³/mol. The lowest BCUT2D eigenvalue weighted by atomic mass is 10.2. The van der Waals surface area contributed by atoms with Crippen LogP contribution in [-0.2, 0) is 14.3 Å². The topological polar surface area (TPSA) is 55.8 Å². The lowest BCUT2D eigenvalue weighted by molar-refractivity contribution is -0.138. The predicted octanol–water partition coefficient (Wildman–Crippen LogP) is 3.14. The summed E-state index contributed by atoms with van der Waals surface area (Å²) in [7, 11) is 0. The lowest BCUT2D eigenvalue weighted by Gasteiger charge is -2.23. The van der Waals surface area contributed by atoms with E-state index in [-0.39, 0.29) is 6.61 Å². The van der Waals surface area contributed by atoms with Gasteiger partial charge in [-0.15, -0.1) is 0 Å². The highest BCUT2D eigenvalue weighted by atomic mass is 16.6. The molecule has 0 atom stereocenters. The molecule has 0 bridgehead atoms. The van der Waals surface area contributed by atoms with Gasteiger partial charge >= 0.3 is 12.1 Å². The quantitative estimate of drug-likeness (QED) is 0.729. The molecule has 110 valence electrons. The van der Waals surface area contributed by atoms with Gasteiger partial charge in [0.05, 0.1) is 12.2 Å². The Bertz CT molecular complexity index is 481. The second kappa shape index (κ2) is 6.41. The maximum absolute atomic E-state index is 12.1. The molecule has 0 saturated heterocycles. The maximum Gasteiger partial charge on any atom is 0.418 e. The van der Waals surface area contributed by atoms with E-state index in [0.29, 0.717) is 5.57 Å². The van der Waals surface area contributed by atoms with Crippen LogP contribution < -0.4 is 0 Å². The first-order valence-corrected chi connectivity index (χ1v) is 6.49. The zero-order valence-electron chi connectivity index (χ0n) is 12.6. The van der Waals surface area contributed by atoms with Crippen molar-refractivity contribution in [3.8, 4) is 0 Å². The van der Waals surface area contributed by atoms with E-state index in [1.54, 1.807) is 46.0 Å². The average molecular weight is 279 g/mol. The largest absolute Gasteiger partial charge is 0.462 e. The molecular weight excluding hydrogens is 258 g/mol. The van der Waals surface area contributed by atoms with Crippen LogP contribution in [0.4, 0.5) is 4.79 Å². The van der Waals surface area contributed by atoms with Crippen molar-refractivity contribution in [3.63, 3.8) is 0 Å². The van der Waals surface area contributed by atoms with Crippen molar-refractivity contribution < 1.29 is 19.1 Å². The van der Waals surface area contributed by atoms with Gasteiger partial charge in [-0.1, -0.05) is 6.08 Å². The normalized spacial score (nSPS) is 15.2. The second-order valence-electron chi connectivity index (χ2n) is 5.40. The summed E-state index contributed by atoms with van der Waals surface area (Å²) in [4.78, 5) is 25.1. The van der Waals surface area contributed by atoms with E-state index in [2.05, 4.69) is 0 Å². The van der Waals surface area contributed by atoms with Gasteiger partial charge in [0.1, 0.15) is 5.60 Å². The number of hydrogen-bond donors (Lipinski definition) is 0. The summed E-state index contributed by atoms with van der Waals surface area (Å²) in [6, 6.07) is 0. The molecule has 1 aliphatic heterocycles. The Balaban J connectivity index is 2.98. The Kier molecular flexibility index (Phi) is 5.13. The molecule has 0 spiro atoms. The van der Waals surface area contributed by atoms with Crippen LogP contribution in [0.2, 0.25) is 0 Å². The van der Waals surface area contributed by atoms with E-state index in [4.69, 9.17) is 9.47 Å².